The minimum atomic E-state index is -4.42. The van der Waals surface area contributed by atoms with Crippen molar-refractivity contribution in [3.63, 3.8) is 0 Å². The van der Waals surface area contributed by atoms with E-state index in [1.165, 1.54) is 0 Å². The van der Waals surface area contributed by atoms with Crippen LogP contribution in [0.1, 0.15) is 31.7 Å². The van der Waals surface area contributed by atoms with Gasteiger partial charge < -0.3 is 10.6 Å². The molecule has 1 aromatic rings. The van der Waals surface area contributed by atoms with Crippen LogP contribution in [0.2, 0.25) is 0 Å². The predicted octanol–water partition coefficient (Wildman–Crippen LogP) is 3.10. The molecule has 0 bridgehead atoms. The van der Waals surface area contributed by atoms with E-state index in [4.69, 9.17) is 5.73 Å². The van der Waals surface area contributed by atoms with Crippen LogP contribution >= 0.6 is 0 Å². The summed E-state index contributed by atoms with van der Waals surface area (Å²) in [4.78, 5) is 12.9. The Kier molecular flexibility index (Phi) is 6.68. The molecule has 3 nitrogen and oxygen atoms in total. The van der Waals surface area contributed by atoms with E-state index in [0.29, 0.717) is 12.0 Å². The fourth-order valence-corrected chi connectivity index (χ4v) is 2.08. The molecule has 0 aliphatic carbocycles. The van der Waals surface area contributed by atoms with Gasteiger partial charge in [0.05, 0.1) is 0 Å². The van der Waals surface area contributed by atoms with E-state index >= 15 is 0 Å². The second-order valence-electron chi connectivity index (χ2n) is 5.10. The Hall–Kier alpha value is -1.56. The molecule has 0 aliphatic rings. The second-order valence-corrected chi connectivity index (χ2v) is 5.10. The topological polar surface area (TPSA) is 46.3 Å². The molecule has 0 aliphatic heterocycles. The maximum absolute atomic E-state index is 12.6. The number of alkyl halides is 3. The summed E-state index contributed by atoms with van der Waals surface area (Å²) >= 11 is 0. The third-order valence-electron chi connectivity index (χ3n) is 3.04. The Bertz CT molecular complexity index is 434. The number of nitrogens with zero attached hydrogens (tertiary/aromatic N) is 1. The van der Waals surface area contributed by atoms with E-state index in [1.807, 2.05) is 6.92 Å². The van der Waals surface area contributed by atoms with Crippen LogP contribution in [0.25, 0.3) is 0 Å². The van der Waals surface area contributed by atoms with Gasteiger partial charge in [-0.2, -0.15) is 13.2 Å². The van der Waals surface area contributed by atoms with Crippen molar-refractivity contribution in [3.8, 4) is 0 Å². The van der Waals surface area contributed by atoms with E-state index in [1.54, 1.807) is 30.3 Å². The molecule has 0 fully saturated rings. The first-order valence-corrected chi connectivity index (χ1v) is 6.96. The zero-order valence-electron chi connectivity index (χ0n) is 12.1. The van der Waals surface area contributed by atoms with Crippen molar-refractivity contribution in [2.24, 2.45) is 5.73 Å². The maximum atomic E-state index is 12.6. The summed E-state index contributed by atoms with van der Waals surface area (Å²) in [6, 6.07) is 8.24. The van der Waals surface area contributed by atoms with Crippen LogP contribution in [0.3, 0.4) is 0 Å². The highest BCUT2D eigenvalue weighted by Gasteiger charge is 2.33. The largest absolute Gasteiger partial charge is 0.406 e. The van der Waals surface area contributed by atoms with Crippen LogP contribution in [0.5, 0.6) is 0 Å². The van der Waals surface area contributed by atoms with Crippen LogP contribution in [-0.2, 0) is 11.3 Å². The fourth-order valence-electron chi connectivity index (χ4n) is 2.08. The third kappa shape index (κ3) is 7.13. The van der Waals surface area contributed by atoms with E-state index in [2.05, 4.69) is 0 Å². The van der Waals surface area contributed by atoms with Crippen molar-refractivity contribution in [2.75, 3.05) is 6.54 Å². The molecule has 1 atom stereocenters. The number of amides is 1. The zero-order valence-corrected chi connectivity index (χ0v) is 12.1. The summed E-state index contributed by atoms with van der Waals surface area (Å²) in [6.07, 6.45) is -3.06. The van der Waals surface area contributed by atoms with Gasteiger partial charge in [-0.25, -0.2) is 0 Å². The van der Waals surface area contributed by atoms with Crippen LogP contribution in [0, 0.1) is 0 Å². The average Bonchev–Trinajstić information content (AvgIpc) is 2.37. The number of nitrogens with two attached hydrogens (primary N) is 1. The Morgan fingerprint density at radius 3 is 2.43 bits per heavy atom. The summed E-state index contributed by atoms with van der Waals surface area (Å²) in [5.41, 5.74) is 6.42. The normalized spacial score (nSPS) is 13.0. The van der Waals surface area contributed by atoms with Crippen LogP contribution in [0.4, 0.5) is 13.2 Å². The average molecular weight is 302 g/mol. The number of benzene rings is 1. The lowest BCUT2D eigenvalue weighted by Gasteiger charge is -2.25. The molecule has 0 saturated heterocycles. The van der Waals surface area contributed by atoms with E-state index in [9.17, 15) is 18.0 Å². The third-order valence-corrected chi connectivity index (χ3v) is 3.04. The lowest BCUT2D eigenvalue weighted by molar-refractivity contribution is -0.162. The molecular formula is C15H21F3N2O. The van der Waals surface area contributed by atoms with Crippen molar-refractivity contribution in [1.29, 1.82) is 0 Å². The van der Waals surface area contributed by atoms with Gasteiger partial charge in [0, 0.05) is 19.0 Å². The van der Waals surface area contributed by atoms with Gasteiger partial charge in [0.2, 0.25) is 5.91 Å². The molecule has 6 heteroatoms. The van der Waals surface area contributed by atoms with Gasteiger partial charge in [-0.1, -0.05) is 43.7 Å². The Morgan fingerprint density at radius 1 is 1.29 bits per heavy atom. The van der Waals surface area contributed by atoms with Crippen LogP contribution in [-0.4, -0.2) is 29.6 Å². The predicted molar refractivity (Wildman–Crippen MR) is 75.4 cm³/mol. The van der Waals surface area contributed by atoms with Crippen LogP contribution < -0.4 is 5.73 Å². The van der Waals surface area contributed by atoms with Crippen molar-refractivity contribution in [2.45, 2.75) is 44.9 Å². The standard InChI is InChI=1S/C15H21F3N2O/c1-2-6-13(19)9-14(21)20(11-15(16,17)18)10-12-7-4-3-5-8-12/h3-5,7-8,13H,2,6,9-11,19H2,1H3. The summed E-state index contributed by atoms with van der Waals surface area (Å²) in [7, 11) is 0. The number of rotatable bonds is 7. The molecule has 1 aromatic carbocycles. The fraction of sp³-hybridized carbons (Fsp3) is 0.533. The molecule has 0 radical (unpaired) electrons. The Labute approximate surface area is 122 Å². The maximum Gasteiger partial charge on any atom is 0.406 e. The first-order valence-electron chi connectivity index (χ1n) is 6.96. The van der Waals surface area contributed by atoms with Gasteiger partial charge in [-0.05, 0) is 12.0 Å². The highest BCUT2D eigenvalue weighted by atomic mass is 19.4. The number of hydrogen-bond donors (Lipinski definition) is 1. The monoisotopic (exact) mass is 302 g/mol. The molecule has 0 saturated carbocycles. The molecule has 0 spiro atoms. The lowest BCUT2D eigenvalue weighted by Crippen LogP contribution is -2.41. The zero-order chi connectivity index (χ0) is 15.9. The first kappa shape index (κ1) is 17.5. The summed E-state index contributed by atoms with van der Waals surface area (Å²) < 4.78 is 37.9. The number of carbonyl (C=O) groups is 1. The smallest absolute Gasteiger partial charge is 0.329 e. The lowest BCUT2D eigenvalue weighted by atomic mass is 10.1. The van der Waals surface area contributed by atoms with Crippen molar-refractivity contribution < 1.29 is 18.0 Å². The van der Waals surface area contributed by atoms with Gasteiger partial charge in [0.25, 0.3) is 0 Å². The number of carbonyl (C=O) groups excluding carboxylic acids is 1. The number of halogens is 3. The molecule has 1 amide bonds. The van der Waals surface area contributed by atoms with Gasteiger partial charge in [-0.3, -0.25) is 4.79 Å². The summed E-state index contributed by atoms with van der Waals surface area (Å²) in [5.74, 6) is -0.558. The minimum absolute atomic E-state index is 0.0575. The van der Waals surface area contributed by atoms with Gasteiger partial charge in [0.1, 0.15) is 6.54 Å². The van der Waals surface area contributed by atoms with E-state index < -0.39 is 24.7 Å². The first-order chi connectivity index (χ1) is 9.81. The molecule has 118 valence electrons. The Morgan fingerprint density at radius 2 is 1.90 bits per heavy atom. The Balaban J connectivity index is 2.74. The quantitative estimate of drug-likeness (QED) is 0.841. The SMILES string of the molecule is CCCC(N)CC(=O)N(Cc1ccccc1)CC(F)(F)F. The minimum Gasteiger partial charge on any atom is -0.329 e. The van der Waals surface area contributed by atoms with Gasteiger partial charge in [-0.15, -0.1) is 0 Å². The van der Waals surface area contributed by atoms with E-state index in [0.717, 1.165) is 11.3 Å². The molecular weight excluding hydrogens is 281 g/mol. The summed E-state index contributed by atoms with van der Waals surface area (Å²) in [6.45, 7) is 0.611. The molecule has 2 N–H and O–H groups in total. The van der Waals surface area contributed by atoms with Crippen molar-refractivity contribution >= 4 is 5.91 Å². The number of hydrogen-bond acceptors (Lipinski definition) is 2. The van der Waals surface area contributed by atoms with Gasteiger partial charge >= 0.3 is 6.18 Å². The highest BCUT2D eigenvalue weighted by Crippen LogP contribution is 2.19. The molecule has 0 heterocycles. The van der Waals surface area contributed by atoms with Gasteiger partial charge in [0.15, 0.2) is 0 Å². The molecule has 0 aromatic heterocycles. The van der Waals surface area contributed by atoms with E-state index in [-0.39, 0.29) is 13.0 Å². The second kappa shape index (κ2) is 8.02. The van der Waals surface area contributed by atoms with Crippen LogP contribution in [0.15, 0.2) is 30.3 Å². The van der Waals surface area contributed by atoms with Crippen molar-refractivity contribution in [3.05, 3.63) is 35.9 Å². The highest BCUT2D eigenvalue weighted by molar-refractivity contribution is 5.76. The molecule has 1 unspecified atom stereocenters. The van der Waals surface area contributed by atoms with Crippen molar-refractivity contribution in [1.82, 2.24) is 4.90 Å². The molecule has 21 heavy (non-hydrogen) atoms. The summed E-state index contributed by atoms with van der Waals surface area (Å²) in [5, 5.41) is 0. The molecule has 1 rings (SSSR count).